The van der Waals surface area contributed by atoms with E-state index in [2.05, 4.69) is 33.6 Å². The Labute approximate surface area is 80.4 Å². The number of halogens is 1. The lowest BCUT2D eigenvalue weighted by atomic mass is 9.94. The molecule has 1 aliphatic carbocycles. The Kier molecular flexibility index (Phi) is 2.11. The monoisotopic (exact) mass is 259 g/mol. The zero-order valence-corrected chi connectivity index (χ0v) is 8.47. The molecular formula is C9H10IN. The Morgan fingerprint density at radius 3 is 2.73 bits per heavy atom. The highest BCUT2D eigenvalue weighted by Gasteiger charge is 2.08. The van der Waals surface area contributed by atoms with E-state index in [4.69, 9.17) is 0 Å². The Morgan fingerprint density at radius 1 is 1.18 bits per heavy atom. The summed E-state index contributed by atoms with van der Waals surface area (Å²) >= 11 is 2.27. The fourth-order valence-corrected chi connectivity index (χ4v) is 2.10. The molecule has 0 aromatic carbocycles. The number of hydrogen-bond acceptors (Lipinski definition) is 1. The Balaban J connectivity index is 2.43. The molecule has 58 valence electrons. The van der Waals surface area contributed by atoms with Gasteiger partial charge in [-0.25, -0.2) is 0 Å². The lowest BCUT2D eigenvalue weighted by molar-refractivity contribution is 0.681. The third-order valence-corrected chi connectivity index (χ3v) is 2.78. The predicted molar refractivity (Wildman–Crippen MR) is 53.6 cm³/mol. The lowest BCUT2D eigenvalue weighted by Crippen LogP contribution is -2.03. The van der Waals surface area contributed by atoms with E-state index in [1.807, 2.05) is 6.20 Å². The van der Waals surface area contributed by atoms with Crippen molar-refractivity contribution in [2.45, 2.75) is 25.7 Å². The van der Waals surface area contributed by atoms with E-state index >= 15 is 0 Å². The predicted octanol–water partition coefficient (Wildman–Crippen LogP) is 2.57. The molecular weight excluding hydrogens is 249 g/mol. The van der Waals surface area contributed by atoms with Crippen LogP contribution in [0, 0.1) is 3.70 Å². The summed E-state index contributed by atoms with van der Waals surface area (Å²) in [5.74, 6) is 0. The molecule has 0 unspecified atom stereocenters. The molecule has 0 saturated carbocycles. The maximum Gasteiger partial charge on any atom is 0.101 e. The molecule has 1 aromatic heterocycles. The van der Waals surface area contributed by atoms with Gasteiger partial charge in [-0.05, 0) is 65.5 Å². The van der Waals surface area contributed by atoms with Crippen molar-refractivity contribution in [3.63, 3.8) is 0 Å². The molecule has 0 atom stereocenters. The Morgan fingerprint density at radius 2 is 1.91 bits per heavy atom. The Hall–Kier alpha value is -0.120. The second kappa shape index (κ2) is 3.09. The number of rotatable bonds is 0. The molecule has 0 N–H and O–H groups in total. The van der Waals surface area contributed by atoms with E-state index in [0.29, 0.717) is 0 Å². The van der Waals surface area contributed by atoms with Gasteiger partial charge in [0.15, 0.2) is 0 Å². The molecule has 1 aliphatic rings. The second-order valence-corrected chi connectivity index (χ2v) is 4.09. The highest BCUT2D eigenvalue weighted by molar-refractivity contribution is 14.1. The van der Waals surface area contributed by atoms with Crippen LogP contribution >= 0.6 is 22.6 Å². The molecule has 1 aromatic rings. The summed E-state index contributed by atoms with van der Waals surface area (Å²) in [5, 5.41) is 0. The smallest absolute Gasteiger partial charge is 0.101 e. The molecule has 2 heteroatoms. The van der Waals surface area contributed by atoms with Crippen LogP contribution in [-0.4, -0.2) is 4.98 Å². The molecule has 1 nitrogen and oxygen atoms in total. The molecule has 0 spiro atoms. The van der Waals surface area contributed by atoms with Crippen LogP contribution in [-0.2, 0) is 12.8 Å². The minimum absolute atomic E-state index is 1.13. The summed E-state index contributed by atoms with van der Waals surface area (Å²) in [4.78, 5) is 4.28. The van der Waals surface area contributed by atoms with Crippen LogP contribution in [0.25, 0.3) is 0 Å². The van der Waals surface area contributed by atoms with Gasteiger partial charge in [-0.2, -0.15) is 0 Å². The van der Waals surface area contributed by atoms with Crippen molar-refractivity contribution >= 4 is 22.6 Å². The fourth-order valence-electron chi connectivity index (χ4n) is 1.58. The number of nitrogens with zero attached hydrogens (tertiary/aromatic N) is 1. The fraction of sp³-hybridized carbons (Fsp3) is 0.444. The number of aryl methyl sites for hydroxylation is 2. The minimum Gasteiger partial charge on any atom is -0.250 e. The van der Waals surface area contributed by atoms with Gasteiger partial charge in [0.2, 0.25) is 0 Å². The molecule has 0 fully saturated rings. The van der Waals surface area contributed by atoms with Crippen LogP contribution in [0.2, 0.25) is 0 Å². The van der Waals surface area contributed by atoms with Gasteiger partial charge in [-0.3, -0.25) is 4.98 Å². The van der Waals surface area contributed by atoms with E-state index in [9.17, 15) is 0 Å². The van der Waals surface area contributed by atoms with Crippen LogP contribution in [0.3, 0.4) is 0 Å². The van der Waals surface area contributed by atoms with E-state index in [1.165, 1.54) is 36.8 Å². The first-order valence-electron chi connectivity index (χ1n) is 3.99. The molecule has 2 rings (SSSR count). The van der Waals surface area contributed by atoms with E-state index in [1.54, 1.807) is 0 Å². The Bertz CT molecular complexity index is 270. The van der Waals surface area contributed by atoms with E-state index in [0.717, 1.165) is 3.70 Å². The molecule has 0 bridgehead atoms. The quantitative estimate of drug-likeness (QED) is 0.515. The van der Waals surface area contributed by atoms with Gasteiger partial charge in [-0.1, -0.05) is 0 Å². The van der Waals surface area contributed by atoms with Crippen molar-refractivity contribution in [1.82, 2.24) is 4.98 Å². The molecule has 0 amide bonds. The average Bonchev–Trinajstić information content (AvgIpc) is 2.04. The topological polar surface area (TPSA) is 12.9 Å². The van der Waals surface area contributed by atoms with Crippen molar-refractivity contribution in [3.8, 4) is 0 Å². The molecule has 1 heterocycles. The summed E-state index contributed by atoms with van der Waals surface area (Å²) in [7, 11) is 0. The first-order chi connectivity index (χ1) is 5.36. The third kappa shape index (κ3) is 1.55. The van der Waals surface area contributed by atoms with Gasteiger partial charge in [-0.15, -0.1) is 0 Å². The highest BCUT2D eigenvalue weighted by Crippen LogP contribution is 2.20. The zero-order chi connectivity index (χ0) is 7.68. The van der Waals surface area contributed by atoms with Gasteiger partial charge in [0, 0.05) is 6.20 Å². The van der Waals surface area contributed by atoms with Crippen molar-refractivity contribution in [3.05, 3.63) is 27.1 Å². The van der Waals surface area contributed by atoms with Gasteiger partial charge >= 0.3 is 0 Å². The van der Waals surface area contributed by atoms with Crippen LogP contribution in [0.15, 0.2) is 12.3 Å². The first-order valence-corrected chi connectivity index (χ1v) is 5.07. The minimum atomic E-state index is 1.13. The van der Waals surface area contributed by atoms with Crippen LogP contribution in [0.5, 0.6) is 0 Å². The number of pyridine rings is 1. The average molecular weight is 259 g/mol. The zero-order valence-electron chi connectivity index (χ0n) is 6.31. The van der Waals surface area contributed by atoms with Gasteiger partial charge < -0.3 is 0 Å². The molecule has 0 aliphatic heterocycles. The summed E-state index contributed by atoms with van der Waals surface area (Å²) in [6, 6.07) is 2.22. The van der Waals surface area contributed by atoms with Crippen molar-refractivity contribution < 1.29 is 0 Å². The van der Waals surface area contributed by atoms with Crippen LogP contribution in [0.4, 0.5) is 0 Å². The lowest BCUT2D eigenvalue weighted by Gasteiger charge is -2.14. The van der Waals surface area contributed by atoms with Crippen molar-refractivity contribution in [1.29, 1.82) is 0 Å². The van der Waals surface area contributed by atoms with Crippen LogP contribution < -0.4 is 0 Å². The summed E-state index contributed by atoms with van der Waals surface area (Å²) in [6.07, 6.45) is 7.23. The van der Waals surface area contributed by atoms with Crippen LogP contribution in [0.1, 0.15) is 24.0 Å². The van der Waals surface area contributed by atoms with Crippen molar-refractivity contribution in [2.24, 2.45) is 0 Å². The van der Waals surface area contributed by atoms with Gasteiger partial charge in [0.25, 0.3) is 0 Å². The van der Waals surface area contributed by atoms with Gasteiger partial charge in [0.1, 0.15) is 3.70 Å². The maximum atomic E-state index is 4.28. The molecule has 0 radical (unpaired) electrons. The summed E-state index contributed by atoms with van der Waals surface area (Å²) in [6.45, 7) is 0. The number of hydrogen-bond donors (Lipinski definition) is 0. The largest absolute Gasteiger partial charge is 0.250 e. The van der Waals surface area contributed by atoms with Crippen molar-refractivity contribution in [2.75, 3.05) is 0 Å². The summed E-state index contributed by atoms with van der Waals surface area (Å²) < 4.78 is 1.13. The SMILES string of the molecule is Ic1cc2c(cn1)CCCC2. The van der Waals surface area contributed by atoms with E-state index < -0.39 is 0 Å². The molecule has 11 heavy (non-hydrogen) atoms. The summed E-state index contributed by atoms with van der Waals surface area (Å²) in [5.41, 5.74) is 2.99. The van der Waals surface area contributed by atoms with Gasteiger partial charge in [0.05, 0.1) is 0 Å². The normalized spacial score (nSPS) is 16.1. The second-order valence-electron chi connectivity index (χ2n) is 2.98. The first kappa shape index (κ1) is 7.53. The highest BCUT2D eigenvalue weighted by atomic mass is 127. The number of aromatic nitrogens is 1. The molecule has 0 saturated heterocycles. The van der Waals surface area contributed by atoms with E-state index in [-0.39, 0.29) is 0 Å². The third-order valence-electron chi connectivity index (χ3n) is 2.19. The maximum absolute atomic E-state index is 4.28. The number of fused-ring (bicyclic) bond motifs is 1. The standard InChI is InChI=1S/C9H10IN/c10-9-5-7-3-1-2-4-8(7)6-11-9/h5-6H,1-4H2.